The fourth-order valence-electron chi connectivity index (χ4n) is 16.5. The summed E-state index contributed by atoms with van der Waals surface area (Å²) in [5, 5.41) is 40.4. The van der Waals surface area contributed by atoms with Crippen molar-refractivity contribution in [1.29, 1.82) is 5.26 Å². The van der Waals surface area contributed by atoms with Gasteiger partial charge < -0.3 is 40.6 Å². The molecule has 0 radical (unpaired) electrons. The number of benzene rings is 5. The quantitative estimate of drug-likeness (QED) is 0.0488. The van der Waals surface area contributed by atoms with Gasteiger partial charge in [-0.05, 0) is 211 Å². The van der Waals surface area contributed by atoms with E-state index in [1.54, 1.807) is 60.7 Å². The molecule has 4 fully saturated rings. The van der Waals surface area contributed by atoms with Crippen LogP contribution < -0.4 is 40.6 Å². The van der Waals surface area contributed by atoms with E-state index < -0.39 is 23.4 Å². The molecular weight excluding hydrogens is 1650 g/mol. The molecule has 652 valence electrons. The van der Waals surface area contributed by atoms with Crippen LogP contribution in [0.4, 0.5) is 22.0 Å². The van der Waals surface area contributed by atoms with E-state index in [1.165, 1.54) is 44.9 Å². The van der Waals surface area contributed by atoms with Crippen LogP contribution in [0.5, 0.6) is 0 Å². The molecule has 0 spiro atoms. The molecule has 5 aromatic carbocycles. The molecule has 0 atom stereocenters. The first-order valence-electron chi connectivity index (χ1n) is 43.0. The SMILES string of the molecule is Cc1ccc(F)c(COn2ccc3ncc(-c4cnn(C5CCNCC5)c4)cc32)c1F.FC(F)(F)c1cccc(COn2ccc3ncc(-c4cnn(C5CCNCC5)c4)cc32)c1Cl.N#Cc1ccc(COn2ccc3ncc(-c4cnn(C5CCNCC5)c4)cc32)cc1.c1ccc(-c2ccc(COn3ccc4ncc(-c5cnn(C6CCNCC6)c5)cc43)cc2)cc1. The van der Waals surface area contributed by atoms with Crippen LogP contribution >= 0.6 is 11.6 Å². The van der Waals surface area contributed by atoms with Gasteiger partial charge in [-0.3, -0.25) is 38.7 Å². The van der Waals surface area contributed by atoms with Crippen LogP contribution in [0.2, 0.25) is 5.02 Å². The van der Waals surface area contributed by atoms with E-state index in [2.05, 4.69) is 150 Å². The van der Waals surface area contributed by atoms with Gasteiger partial charge in [0, 0.05) is 124 Å². The second-order valence-electron chi connectivity index (χ2n) is 32.2. The Morgan fingerprint density at radius 2 is 0.742 bits per heavy atom. The molecular formula is C97H93ClF5N21O4. The molecule has 0 saturated carbocycles. The van der Waals surface area contributed by atoms with Crippen molar-refractivity contribution in [2.75, 3.05) is 52.4 Å². The first-order chi connectivity index (χ1) is 62.6. The van der Waals surface area contributed by atoms with E-state index in [4.69, 9.17) is 36.2 Å². The Labute approximate surface area is 739 Å². The third-order valence-electron chi connectivity index (χ3n) is 23.8. The standard InChI is InChI=1S/C28H27N5O.C23H21ClF3N5O.C23H23F2N5O.C23H22N6O/c1-2-4-22(5-3-1)23-8-6-21(7-9-23)20-34-33-15-12-27-28(33)16-24(17-30-27)25-18-31-32(19-25)26-10-13-29-14-11-26;24-22-15(2-1-3-19(22)23(25,26)27)14-33-32-9-6-20-21(32)10-16(11-29-20)17-12-30-31(13-17)18-4-7-28-8-5-18;1-15-2-3-20(24)19(23(15)25)14-31-30-9-6-21-22(30)10-16(11-27-21)17-12-28-29(13-17)18-4-7-26-8-5-18;24-12-17-1-3-18(4-2-17)16-30-29-10-7-22-23(29)11-19(13-26-22)20-14-27-28(15-20)21-5-8-25-9-6-21/h1-9,12,15-19,26,29H,10-11,13-14,20H2;1-3,6,9-13,18,28H,4-5,7-8,14H2;2-3,6,9-13,18,26H,4-5,7-8,14H2,1H3;1-4,7,10-11,13-15,21,25H,5-6,8-9,16H2. The van der Waals surface area contributed by atoms with Crippen LogP contribution in [0.3, 0.4) is 0 Å². The van der Waals surface area contributed by atoms with Gasteiger partial charge in [-0.15, -0.1) is 0 Å². The molecule has 4 aliphatic heterocycles. The first-order valence-corrected chi connectivity index (χ1v) is 43.4. The van der Waals surface area contributed by atoms with Crippen molar-refractivity contribution in [1.82, 2.24) is 99.2 Å². The molecule has 31 heteroatoms. The molecule has 17 aromatic rings. The van der Waals surface area contributed by atoms with Crippen molar-refractivity contribution in [2.45, 2.75) is 115 Å². The molecule has 0 unspecified atom stereocenters. The van der Waals surface area contributed by atoms with Crippen molar-refractivity contribution in [3.05, 3.63) is 312 Å². The van der Waals surface area contributed by atoms with Crippen molar-refractivity contribution in [3.63, 3.8) is 0 Å². The monoisotopic (exact) mass is 1750 g/mol. The maximum Gasteiger partial charge on any atom is 0.417 e. The molecule has 4 N–H and O–H groups in total. The lowest BCUT2D eigenvalue weighted by Crippen LogP contribution is -2.29. The Morgan fingerprint density at radius 1 is 0.391 bits per heavy atom. The molecule has 25 nitrogen and oxygen atoms in total. The molecule has 128 heavy (non-hydrogen) atoms. The summed E-state index contributed by atoms with van der Waals surface area (Å²) in [7, 11) is 0. The van der Waals surface area contributed by atoms with Gasteiger partial charge in [-0.1, -0.05) is 96.5 Å². The Hall–Kier alpha value is -13.8. The molecule has 12 aromatic heterocycles. The fourth-order valence-corrected chi connectivity index (χ4v) is 16.8. The summed E-state index contributed by atoms with van der Waals surface area (Å²) in [5.41, 5.74) is 19.3. The predicted octanol–water partition coefficient (Wildman–Crippen LogP) is 17.6. The highest BCUT2D eigenvalue weighted by Crippen LogP contribution is 2.38. The van der Waals surface area contributed by atoms with Gasteiger partial charge >= 0.3 is 6.18 Å². The summed E-state index contributed by atoms with van der Waals surface area (Å²) in [5.74, 6) is -1.20. The highest BCUT2D eigenvalue weighted by Gasteiger charge is 2.34. The smallest absolute Gasteiger partial charge is 0.409 e. The molecule has 4 aliphatic rings. The number of alkyl halides is 3. The van der Waals surface area contributed by atoms with E-state index >= 15 is 0 Å². The maximum absolute atomic E-state index is 14.3. The summed E-state index contributed by atoms with van der Waals surface area (Å²) in [6, 6.07) is 52.2. The highest BCUT2D eigenvalue weighted by atomic mass is 35.5. The third-order valence-corrected chi connectivity index (χ3v) is 24.3. The zero-order chi connectivity index (χ0) is 87.5. The number of hydrogen-bond donors (Lipinski definition) is 4. The molecule has 0 aliphatic carbocycles. The van der Waals surface area contributed by atoms with Crippen LogP contribution in [0.25, 0.3) is 99.8 Å². The minimum Gasteiger partial charge on any atom is -0.409 e. The minimum atomic E-state index is -4.52. The van der Waals surface area contributed by atoms with E-state index in [1.807, 2.05) is 119 Å². The molecule has 0 amide bonds. The van der Waals surface area contributed by atoms with Gasteiger partial charge in [0.05, 0.1) is 98.8 Å². The van der Waals surface area contributed by atoms with Crippen LogP contribution in [-0.2, 0) is 32.6 Å². The number of fused-ring (bicyclic) bond motifs is 4. The second-order valence-corrected chi connectivity index (χ2v) is 32.6. The summed E-state index contributed by atoms with van der Waals surface area (Å²) in [6.07, 6.45) is 34.5. The lowest BCUT2D eigenvalue weighted by molar-refractivity contribution is -0.137. The molecule has 16 heterocycles. The summed E-state index contributed by atoms with van der Waals surface area (Å²) in [4.78, 5) is 41.9. The van der Waals surface area contributed by atoms with E-state index in [0.29, 0.717) is 59.5 Å². The molecule has 4 saturated heterocycles. The van der Waals surface area contributed by atoms with Gasteiger partial charge in [0.25, 0.3) is 0 Å². The number of rotatable bonds is 21. The van der Waals surface area contributed by atoms with Crippen LogP contribution in [0, 0.1) is 29.9 Å². The lowest BCUT2D eigenvalue weighted by atomic mass is 10.0. The van der Waals surface area contributed by atoms with Crippen molar-refractivity contribution in [2.24, 2.45) is 0 Å². The summed E-state index contributed by atoms with van der Waals surface area (Å²) >= 11 is 5.99. The van der Waals surface area contributed by atoms with Gasteiger partial charge in [-0.2, -0.15) is 57.7 Å². The summed E-state index contributed by atoms with van der Waals surface area (Å²) < 4.78 is 82.5. The van der Waals surface area contributed by atoms with E-state index in [0.717, 1.165) is 199 Å². The Bertz CT molecular complexity index is 6680. The second kappa shape index (κ2) is 39.0. The number of nitrogens with zero attached hydrogens (tertiary/aromatic N) is 17. The Morgan fingerprint density at radius 3 is 1.11 bits per heavy atom. The number of aromatic nitrogens is 16. The third kappa shape index (κ3) is 19.7. The Balaban J connectivity index is 0.000000115. The van der Waals surface area contributed by atoms with Crippen LogP contribution in [0.15, 0.2) is 257 Å². The van der Waals surface area contributed by atoms with Gasteiger partial charge in [-0.25, -0.2) is 8.78 Å². The predicted molar refractivity (Wildman–Crippen MR) is 480 cm³/mol. The number of aryl methyl sites for hydroxylation is 1. The number of halogens is 6. The normalized spacial score (nSPS) is 14.8. The van der Waals surface area contributed by atoms with Crippen molar-refractivity contribution < 1.29 is 41.3 Å². The van der Waals surface area contributed by atoms with Gasteiger partial charge in [0.15, 0.2) is 0 Å². The topological polar surface area (TPSA) is 251 Å². The summed E-state index contributed by atoms with van der Waals surface area (Å²) in [6.45, 7) is 10.3. The number of nitriles is 1. The number of nitrogens with one attached hydrogen (secondary N) is 4. The minimum absolute atomic E-state index is 0.0887. The van der Waals surface area contributed by atoms with E-state index in [-0.39, 0.29) is 29.4 Å². The van der Waals surface area contributed by atoms with Gasteiger partial charge in [0.2, 0.25) is 0 Å². The number of piperidine rings is 4. The molecule has 0 bridgehead atoms. The lowest BCUT2D eigenvalue weighted by Gasteiger charge is -2.22. The average Bonchev–Trinajstić information content (AvgIpc) is 1.63. The van der Waals surface area contributed by atoms with Crippen molar-refractivity contribution >= 4 is 55.7 Å². The largest absolute Gasteiger partial charge is 0.417 e. The number of hydrogen-bond acceptors (Lipinski definition) is 17. The fraction of sp³-hybridized carbons (Fsp3) is 0.268. The van der Waals surface area contributed by atoms with Crippen LogP contribution in [-0.4, -0.2) is 130 Å². The highest BCUT2D eigenvalue weighted by molar-refractivity contribution is 6.32. The number of pyridine rings is 4. The van der Waals surface area contributed by atoms with Crippen LogP contribution in [0.1, 0.15) is 114 Å². The first kappa shape index (κ1) is 85.0. The Kier molecular flexibility index (Phi) is 25.9. The zero-order valence-corrected chi connectivity index (χ0v) is 71.0. The van der Waals surface area contributed by atoms with E-state index in [9.17, 15) is 22.0 Å². The van der Waals surface area contributed by atoms with Crippen molar-refractivity contribution in [3.8, 4) is 61.7 Å². The average molecular weight is 1750 g/mol. The molecule has 21 rings (SSSR count). The maximum atomic E-state index is 14.3. The zero-order valence-electron chi connectivity index (χ0n) is 70.2. The van der Waals surface area contributed by atoms with Gasteiger partial charge in [0.1, 0.15) is 60.1 Å².